The fourth-order valence-corrected chi connectivity index (χ4v) is 1.75. The van der Waals surface area contributed by atoms with E-state index in [-0.39, 0.29) is 0 Å². The molecule has 1 rings (SSSR count). The summed E-state index contributed by atoms with van der Waals surface area (Å²) in [5, 5.41) is 0. The van der Waals surface area contributed by atoms with E-state index in [4.69, 9.17) is 4.74 Å². The van der Waals surface area contributed by atoms with Crippen molar-refractivity contribution in [1.82, 2.24) is 0 Å². The molecular weight excluding hydrogens is 206 g/mol. The second-order valence-corrected chi connectivity index (χ2v) is 3.97. The Morgan fingerprint density at radius 2 is 2.00 bits per heavy atom. The van der Waals surface area contributed by atoms with Gasteiger partial charge in [-0.15, -0.1) is 0 Å². The van der Waals surface area contributed by atoms with Crippen molar-refractivity contribution in [2.24, 2.45) is 0 Å². The lowest BCUT2D eigenvalue weighted by Gasteiger charge is -2.21. The molecule has 0 aromatic heterocycles. The van der Waals surface area contributed by atoms with Crippen LogP contribution in [-0.4, -0.2) is 26.5 Å². The summed E-state index contributed by atoms with van der Waals surface area (Å²) in [6, 6.07) is 8.10. The van der Waals surface area contributed by atoms with Crippen molar-refractivity contribution in [3.8, 4) is 5.75 Å². The van der Waals surface area contributed by atoms with Gasteiger partial charge in [-0.05, 0) is 30.7 Å². The number of methoxy groups -OCH3 is 1. The number of rotatable bonds is 6. The average molecular weight is 225 g/mol. The van der Waals surface area contributed by atoms with E-state index in [2.05, 4.69) is 30.6 Å². The summed E-state index contributed by atoms with van der Waals surface area (Å²) >= 11 is 4.21. The number of unbranched alkanes of at least 4 members (excludes halogenated alkanes) is 1. The summed E-state index contributed by atoms with van der Waals surface area (Å²) in [7, 11) is 3.80. The second-order valence-electron chi connectivity index (χ2n) is 3.52. The standard InChI is InChI=1S/C12H19NOS/c1-13(9-5-6-10-15)11-7-3-4-8-12(11)14-2/h3-4,7-8,15H,5-6,9-10H2,1-2H3. The Kier molecular flexibility index (Phi) is 5.40. The van der Waals surface area contributed by atoms with E-state index in [9.17, 15) is 0 Å². The number of hydrogen-bond donors (Lipinski definition) is 1. The molecule has 0 N–H and O–H groups in total. The van der Waals surface area contributed by atoms with Gasteiger partial charge in [0.25, 0.3) is 0 Å². The van der Waals surface area contributed by atoms with Crippen molar-refractivity contribution in [3.05, 3.63) is 24.3 Å². The van der Waals surface area contributed by atoms with Gasteiger partial charge in [0.1, 0.15) is 5.75 Å². The van der Waals surface area contributed by atoms with Gasteiger partial charge in [-0.25, -0.2) is 0 Å². The van der Waals surface area contributed by atoms with Crippen LogP contribution in [0, 0.1) is 0 Å². The van der Waals surface area contributed by atoms with E-state index in [1.54, 1.807) is 7.11 Å². The highest BCUT2D eigenvalue weighted by Gasteiger charge is 2.05. The minimum absolute atomic E-state index is 0.936. The van der Waals surface area contributed by atoms with Gasteiger partial charge in [0, 0.05) is 13.6 Å². The highest BCUT2D eigenvalue weighted by Crippen LogP contribution is 2.26. The quantitative estimate of drug-likeness (QED) is 0.590. The molecule has 0 bridgehead atoms. The number of nitrogens with zero attached hydrogens (tertiary/aromatic N) is 1. The molecule has 0 fully saturated rings. The minimum Gasteiger partial charge on any atom is -0.495 e. The maximum absolute atomic E-state index is 5.32. The molecule has 3 heteroatoms. The van der Waals surface area contributed by atoms with Crippen molar-refractivity contribution in [1.29, 1.82) is 0 Å². The third kappa shape index (κ3) is 3.67. The largest absolute Gasteiger partial charge is 0.495 e. The van der Waals surface area contributed by atoms with Crippen LogP contribution in [0.15, 0.2) is 24.3 Å². The third-order valence-corrected chi connectivity index (χ3v) is 2.71. The van der Waals surface area contributed by atoms with Crippen molar-refractivity contribution in [3.63, 3.8) is 0 Å². The normalized spacial score (nSPS) is 10.1. The lowest BCUT2D eigenvalue weighted by Crippen LogP contribution is -2.19. The van der Waals surface area contributed by atoms with Crippen LogP contribution in [0.1, 0.15) is 12.8 Å². The Bertz CT molecular complexity index is 291. The van der Waals surface area contributed by atoms with Gasteiger partial charge in [0.2, 0.25) is 0 Å². The summed E-state index contributed by atoms with van der Waals surface area (Å²) in [6.07, 6.45) is 2.32. The predicted octanol–water partition coefficient (Wildman–Crippen LogP) is 2.84. The zero-order valence-corrected chi connectivity index (χ0v) is 10.3. The molecule has 0 atom stereocenters. The molecule has 0 saturated heterocycles. The van der Waals surface area contributed by atoms with Gasteiger partial charge < -0.3 is 9.64 Å². The maximum atomic E-state index is 5.32. The first kappa shape index (κ1) is 12.2. The van der Waals surface area contributed by atoms with Crippen LogP contribution in [0.3, 0.4) is 0 Å². The highest BCUT2D eigenvalue weighted by atomic mass is 32.1. The summed E-state index contributed by atoms with van der Waals surface area (Å²) in [4.78, 5) is 2.22. The van der Waals surface area contributed by atoms with Gasteiger partial charge in [-0.1, -0.05) is 12.1 Å². The SMILES string of the molecule is COc1ccccc1N(C)CCCCS. The molecule has 84 valence electrons. The Labute approximate surface area is 97.6 Å². The first-order valence-corrected chi connectivity index (χ1v) is 5.88. The number of hydrogen-bond acceptors (Lipinski definition) is 3. The lowest BCUT2D eigenvalue weighted by atomic mass is 10.2. The minimum atomic E-state index is 0.936. The van der Waals surface area contributed by atoms with Gasteiger partial charge in [0.15, 0.2) is 0 Å². The molecule has 0 unspecified atom stereocenters. The molecule has 1 aromatic rings. The predicted molar refractivity (Wildman–Crippen MR) is 69.4 cm³/mol. The molecule has 0 radical (unpaired) electrons. The molecule has 0 spiro atoms. The monoisotopic (exact) mass is 225 g/mol. The summed E-state index contributed by atoms with van der Waals surface area (Å²) < 4.78 is 5.32. The number of para-hydroxylation sites is 2. The second kappa shape index (κ2) is 6.62. The molecule has 0 heterocycles. The number of benzene rings is 1. The maximum Gasteiger partial charge on any atom is 0.142 e. The van der Waals surface area contributed by atoms with Gasteiger partial charge >= 0.3 is 0 Å². The van der Waals surface area contributed by atoms with Crippen molar-refractivity contribution >= 4 is 18.3 Å². The average Bonchev–Trinajstić information content (AvgIpc) is 2.29. The first-order valence-electron chi connectivity index (χ1n) is 5.24. The van der Waals surface area contributed by atoms with Crippen LogP contribution in [0.2, 0.25) is 0 Å². The summed E-state index contributed by atoms with van der Waals surface area (Å²) in [5.41, 5.74) is 1.15. The van der Waals surface area contributed by atoms with E-state index in [0.29, 0.717) is 0 Å². The fraction of sp³-hybridized carbons (Fsp3) is 0.500. The van der Waals surface area contributed by atoms with Crippen LogP contribution in [-0.2, 0) is 0 Å². The van der Waals surface area contributed by atoms with Gasteiger partial charge in [-0.2, -0.15) is 12.6 Å². The number of ether oxygens (including phenoxy) is 1. The van der Waals surface area contributed by atoms with E-state index in [1.807, 2.05) is 18.2 Å². The van der Waals surface area contributed by atoms with Crippen LogP contribution in [0.25, 0.3) is 0 Å². The van der Waals surface area contributed by atoms with Crippen LogP contribution in [0.5, 0.6) is 5.75 Å². The third-order valence-electron chi connectivity index (χ3n) is 2.40. The number of anilines is 1. The van der Waals surface area contributed by atoms with E-state index < -0.39 is 0 Å². The van der Waals surface area contributed by atoms with Gasteiger partial charge in [-0.3, -0.25) is 0 Å². The summed E-state index contributed by atoms with van der Waals surface area (Å²) in [6.45, 7) is 1.04. The molecule has 15 heavy (non-hydrogen) atoms. The first-order chi connectivity index (χ1) is 7.29. The number of thiol groups is 1. The smallest absolute Gasteiger partial charge is 0.142 e. The van der Waals surface area contributed by atoms with E-state index in [0.717, 1.165) is 36.6 Å². The van der Waals surface area contributed by atoms with Crippen molar-refractivity contribution in [2.75, 3.05) is 31.4 Å². The van der Waals surface area contributed by atoms with Crippen molar-refractivity contribution < 1.29 is 4.74 Å². The Morgan fingerprint density at radius 3 is 2.67 bits per heavy atom. The molecule has 0 aliphatic carbocycles. The molecule has 0 aliphatic heterocycles. The zero-order valence-electron chi connectivity index (χ0n) is 9.44. The van der Waals surface area contributed by atoms with Crippen LogP contribution < -0.4 is 9.64 Å². The van der Waals surface area contributed by atoms with Crippen molar-refractivity contribution in [2.45, 2.75) is 12.8 Å². The molecule has 2 nitrogen and oxygen atoms in total. The molecular formula is C12H19NOS. The zero-order chi connectivity index (χ0) is 11.1. The Morgan fingerprint density at radius 1 is 1.27 bits per heavy atom. The topological polar surface area (TPSA) is 12.5 Å². The summed E-state index contributed by atoms with van der Waals surface area (Å²) in [5.74, 6) is 1.89. The molecule has 0 aliphatic rings. The Hall–Kier alpha value is -0.830. The fourth-order valence-electron chi connectivity index (χ4n) is 1.53. The lowest BCUT2D eigenvalue weighted by molar-refractivity contribution is 0.414. The van der Waals surface area contributed by atoms with Crippen LogP contribution in [0.4, 0.5) is 5.69 Å². The van der Waals surface area contributed by atoms with E-state index in [1.165, 1.54) is 0 Å². The highest BCUT2D eigenvalue weighted by molar-refractivity contribution is 7.80. The molecule has 0 amide bonds. The Balaban J connectivity index is 2.59. The van der Waals surface area contributed by atoms with E-state index >= 15 is 0 Å². The molecule has 1 aromatic carbocycles. The van der Waals surface area contributed by atoms with Gasteiger partial charge in [0.05, 0.1) is 12.8 Å². The van der Waals surface area contributed by atoms with Crippen LogP contribution >= 0.6 is 12.6 Å². The molecule has 0 saturated carbocycles.